The van der Waals surface area contributed by atoms with E-state index >= 15 is 0 Å². The van der Waals surface area contributed by atoms with Crippen molar-refractivity contribution in [2.45, 2.75) is 60.2 Å². The quantitative estimate of drug-likeness (QED) is 0.262. The average molecular weight is 440 g/mol. The summed E-state index contributed by atoms with van der Waals surface area (Å²) in [5.74, 6) is 0.701. The van der Waals surface area contributed by atoms with Gasteiger partial charge in [0.2, 0.25) is 8.32 Å². The van der Waals surface area contributed by atoms with Crippen molar-refractivity contribution >= 4 is 23.5 Å². The van der Waals surface area contributed by atoms with Crippen LogP contribution in [0.5, 0.6) is 0 Å². The van der Waals surface area contributed by atoms with Gasteiger partial charge >= 0.3 is 15.2 Å². The van der Waals surface area contributed by atoms with Crippen molar-refractivity contribution in [2.24, 2.45) is 0 Å². The molecule has 1 aliphatic carbocycles. The predicted octanol–water partition coefficient (Wildman–Crippen LogP) is 6.26. The normalized spacial score (nSPS) is 16.5. The molecule has 7 nitrogen and oxygen atoms in total. The van der Waals surface area contributed by atoms with Gasteiger partial charge in [-0.2, -0.15) is 0 Å². The van der Waals surface area contributed by atoms with E-state index in [-0.39, 0.29) is 39.3 Å². The largest absolute Gasteiger partial charge is 0.547 e. The number of hydrogen-bond donors (Lipinski definition) is 0. The van der Waals surface area contributed by atoms with Crippen LogP contribution in [-0.2, 0) is 31.7 Å². The van der Waals surface area contributed by atoms with Crippen molar-refractivity contribution in [1.82, 2.24) is 0 Å². The summed E-state index contributed by atoms with van der Waals surface area (Å²) >= 11 is 0. The third-order valence-corrected chi connectivity index (χ3v) is 9.14. The molecule has 0 aromatic heterocycles. The van der Waals surface area contributed by atoms with Crippen LogP contribution in [0.4, 0.5) is 0 Å². The summed E-state index contributed by atoms with van der Waals surface area (Å²) in [7, 11) is -9.13. The highest BCUT2D eigenvalue weighted by Gasteiger charge is 2.43. The Balaban J connectivity index is 3.48. The van der Waals surface area contributed by atoms with Crippen molar-refractivity contribution in [3.05, 3.63) is 22.5 Å². The molecule has 0 aromatic rings. The molecule has 1 aliphatic rings. The lowest BCUT2D eigenvalue weighted by atomic mass is 10.2. The third-order valence-electron chi connectivity index (χ3n) is 3.49. The lowest BCUT2D eigenvalue weighted by Crippen LogP contribution is -2.26. The molecule has 0 amide bonds. The molecule has 0 aliphatic heterocycles. The predicted molar refractivity (Wildman–Crippen MR) is 110 cm³/mol. The Hall–Kier alpha value is -0.203. The van der Waals surface area contributed by atoms with Crippen LogP contribution in [0.2, 0.25) is 19.6 Å². The topological polar surface area (TPSA) is 80.3 Å². The van der Waals surface area contributed by atoms with E-state index in [0.717, 1.165) is 0 Å². The molecule has 0 spiro atoms. The molecule has 1 rings (SSSR count). The molecule has 0 heterocycles. The number of allylic oxidation sites excluding steroid dienone is 3. The Morgan fingerprint density at radius 3 is 1.59 bits per heavy atom. The summed E-state index contributed by atoms with van der Waals surface area (Å²) in [6.45, 7) is 14.0. The van der Waals surface area contributed by atoms with E-state index in [1.165, 1.54) is 0 Å². The van der Waals surface area contributed by atoms with E-state index in [4.69, 9.17) is 22.5 Å². The van der Waals surface area contributed by atoms with E-state index in [9.17, 15) is 9.13 Å². The second kappa shape index (κ2) is 10.5. The van der Waals surface area contributed by atoms with Gasteiger partial charge in [-0.05, 0) is 53.4 Å². The molecule has 0 radical (unpaired) electrons. The van der Waals surface area contributed by atoms with Crippen LogP contribution < -0.4 is 0 Å². The van der Waals surface area contributed by atoms with Crippen molar-refractivity contribution in [2.75, 3.05) is 26.4 Å². The first-order valence-electron chi connectivity index (χ1n) is 9.44. The Morgan fingerprint density at radius 2 is 1.22 bits per heavy atom. The van der Waals surface area contributed by atoms with Crippen molar-refractivity contribution < 1.29 is 31.7 Å². The van der Waals surface area contributed by atoms with Crippen molar-refractivity contribution in [3.8, 4) is 0 Å². The van der Waals surface area contributed by atoms with Crippen LogP contribution in [-0.4, -0.2) is 34.7 Å². The van der Waals surface area contributed by atoms with Crippen molar-refractivity contribution in [3.63, 3.8) is 0 Å². The maximum Gasteiger partial charge on any atom is 0.358 e. The monoisotopic (exact) mass is 440 g/mol. The van der Waals surface area contributed by atoms with Crippen LogP contribution in [0.15, 0.2) is 22.5 Å². The first kappa shape index (κ1) is 24.8. The fraction of sp³-hybridized carbons (Fsp3) is 0.765. The lowest BCUT2D eigenvalue weighted by Gasteiger charge is -2.31. The minimum Gasteiger partial charge on any atom is -0.547 e. The molecule has 0 saturated heterocycles. The molecule has 0 saturated carbocycles. The molecule has 0 aromatic carbocycles. The molecular formula is C17H34O7P2Si. The van der Waals surface area contributed by atoms with Crippen molar-refractivity contribution in [1.29, 1.82) is 0 Å². The molecule has 0 atom stereocenters. The highest BCUT2D eigenvalue weighted by atomic mass is 31.2. The summed E-state index contributed by atoms with van der Waals surface area (Å²) in [5, 5.41) is 0.701. The van der Waals surface area contributed by atoms with Crippen LogP contribution >= 0.6 is 15.2 Å². The van der Waals surface area contributed by atoms with E-state index in [0.29, 0.717) is 16.4 Å². The molecule has 0 N–H and O–H groups in total. The van der Waals surface area contributed by atoms with Gasteiger partial charge in [-0.25, -0.2) is 0 Å². The van der Waals surface area contributed by atoms with Crippen LogP contribution in [0.25, 0.3) is 0 Å². The maximum atomic E-state index is 13.5. The summed E-state index contributed by atoms with van der Waals surface area (Å²) in [6.07, 6.45) is 2.33. The highest BCUT2D eigenvalue weighted by molar-refractivity contribution is 7.63. The van der Waals surface area contributed by atoms with E-state index in [1.807, 2.05) is 6.08 Å². The molecule has 27 heavy (non-hydrogen) atoms. The Kier molecular flexibility index (Phi) is 9.69. The van der Waals surface area contributed by atoms with Gasteiger partial charge in [-0.15, -0.1) is 0 Å². The zero-order chi connectivity index (χ0) is 20.7. The second-order valence-corrected chi connectivity index (χ2v) is 15.4. The summed E-state index contributed by atoms with van der Waals surface area (Å²) < 4.78 is 55.2. The fourth-order valence-electron chi connectivity index (χ4n) is 2.73. The average Bonchev–Trinajstić information content (AvgIpc) is 2.54. The Bertz CT molecular complexity index is 632. The maximum absolute atomic E-state index is 13.5. The molecule has 10 heteroatoms. The van der Waals surface area contributed by atoms with Gasteiger partial charge in [-0.3, -0.25) is 9.13 Å². The molecule has 0 bridgehead atoms. The minimum absolute atomic E-state index is 0.204. The zero-order valence-corrected chi connectivity index (χ0v) is 20.4. The zero-order valence-electron chi connectivity index (χ0n) is 17.6. The standard InChI is InChI=1S/C17H34O7P2Si/c1-8-20-25(18,21-9-2)16-13-12-15(24-27(5,6)7)14-17(16)26(19,22-10-3)23-11-4/h12H,8-11,13-14H2,1-7H3. The highest BCUT2D eigenvalue weighted by Crippen LogP contribution is 2.69. The van der Waals surface area contributed by atoms with Gasteiger partial charge in [0.1, 0.15) is 0 Å². The van der Waals surface area contributed by atoms with Crippen LogP contribution in [0.3, 0.4) is 0 Å². The summed E-state index contributed by atoms with van der Waals surface area (Å²) in [4.78, 5) is 0. The Morgan fingerprint density at radius 1 is 0.815 bits per heavy atom. The van der Waals surface area contributed by atoms with Gasteiger partial charge in [0.15, 0.2) is 0 Å². The molecule has 158 valence electrons. The van der Waals surface area contributed by atoms with Crippen LogP contribution in [0.1, 0.15) is 40.5 Å². The number of rotatable bonds is 12. The van der Waals surface area contributed by atoms with Gasteiger partial charge in [0.05, 0.1) is 42.8 Å². The van der Waals surface area contributed by atoms with E-state index in [2.05, 4.69) is 19.6 Å². The fourth-order valence-corrected chi connectivity index (χ4v) is 8.01. The first-order chi connectivity index (χ1) is 12.5. The van der Waals surface area contributed by atoms with Gasteiger partial charge in [0, 0.05) is 12.8 Å². The van der Waals surface area contributed by atoms with Crippen LogP contribution in [0, 0.1) is 0 Å². The lowest BCUT2D eigenvalue weighted by molar-refractivity contribution is 0.219. The molecular weight excluding hydrogens is 406 g/mol. The van der Waals surface area contributed by atoms with E-state index in [1.54, 1.807) is 27.7 Å². The van der Waals surface area contributed by atoms with Gasteiger partial charge in [0.25, 0.3) is 0 Å². The van der Waals surface area contributed by atoms with E-state index < -0.39 is 23.5 Å². The smallest absolute Gasteiger partial charge is 0.358 e. The Labute approximate surface area is 164 Å². The first-order valence-corrected chi connectivity index (χ1v) is 15.9. The molecule has 0 fully saturated rings. The summed E-state index contributed by atoms with van der Waals surface area (Å²) in [6, 6.07) is 0. The SMILES string of the molecule is CCOP(=O)(OCC)C1=C(P(=O)(OCC)OCC)CC(O[Si](C)(C)C)=CC1. The van der Waals surface area contributed by atoms with Gasteiger partial charge < -0.3 is 22.5 Å². The third kappa shape index (κ3) is 6.97. The minimum atomic E-state index is -3.66. The number of hydrogen-bond acceptors (Lipinski definition) is 7. The van der Waals surface area contributed by atoms with Gasteiger partial charge in [-0.1, -0.05) is 0 Å². The second-order valence-electron chi connectivity index (χ2n) is 6.83. The summed E-state index contributed by atoms with van der Waals surface area (Å²) in [5.41, 5.74) is 0. The molecule has 0 unspecified atom stereocenters.